The summed E-state index contributed by atoms with van der Waals surface area (Å²) >= 11 is 1.49. The number of benzene rings is 2. The van der Waals surface area contributed by atoms with E-state index in [-0.39, 0.29) is 25.4 Å². The van der Waals surface area contributed by atoms with Crippen LogP contribution in [0.15, 0.2) is 61.2 Å². The van der Waals surface area contributed by atoms with Crippen LogP contribution in [0.5, 0.6) is 0 Å². The number of carboxylic acids is 1. The Kier molecular flexibility index (Phi) is 8.54. The van der Waals surface area contributed by atoms with E-state index in [1.54, 1.807) is 0 Å². The van der Waals surface area contributed by atoms with Crippen molar-refractivity contribution < 1.29 is 24.2 Å². The van der Waals surface area contributed by atoms with Gasteiger partial charge >= 0.3 is 12.1 Å². The molecular formula is C25H28N2O5S. The number of nitrogens with one attached hydrogen (secondary N) is 2. The minimum Gasteiger partial charge on any atom is -0.480 e. The Morgan fingerprint density at radius 1 is 1.06 bits per heavy atom. The van der Waals surface area contributed by atoms with Gasteiger partial charge in [0.05, 0.1) is 0 Å². The molecule has 1 aliphatic carbocycles. The van der Waals surface area contributed by atoms with Gasteiger partial charge in [0.1, 0.15) is 18.7 Å². The summed E-state index contributed by atoms with van der Waals surface area (Å²) in [5.41, 5.74) is 4.42. The number of fused-ring (bicyclic) bond motifs is 3. The highest BCUT2D eigenvalue weighted by Gasteiger charge is 2.30. The number of carbonyl (C=O) groups is 3. The molecule has 0 heterocycles. The van der Waals surface area contributed by atoms with Gasteiger partial charge in [-0.1, -0.05) is 54.6 Å². The van der Waals surface area contributed by atoms with Gasteiger partial charge < -0.3 is 20.5 Å². The zero-order chi connectivity index (χ0) is 23.8. The van der Waals surface area contributed by atoms with Crippen LogP contribution in [0.3, 0.4) is 0 Å². The Labute approximate surface area is 197 Å². The molecule has 0 saturated heterocycles. The van der Waals surface area contributed by atoms with Crippen molar-refractivity contribution in [3.05, 3.63) is 72.3 Å². The first-order chi connectivity index (χ1) is 16.0. The van der Waals surface area contributed by atoms with E-state index in [0.717, 1.165) is 22.3 Å². The average Bonchev–Trinajstić information content (AvgIpc) is 3.13. The molecule has 33 heavy (non-hydrogen) atoms. The lowest BCUT2D eigenvalue weighted by atomic mass is 9.98. The molecule has 0 aromatic heterocycles. The highest BCUT2D eigenvalue weighted by Crippen LogP contribution is 2.44. The Bertz CT molecular complexity index is 980. The Hall–Kier alpha value is -3.26. The number of hydrogen-bond donors (Lipinski definition) is 3. The molecular weight excluding hydrogens is 440 g/mol. The van der Waals surface area contributed by atoms with Crippen molar-refractivity contribution in [1.82, 2.24) is 10.6 Å². The fourth-order valence-electron chi connectivity index (χ4n) is 3.95. The molecule has 0 radical (unpaired) electrons. The van der Waals surface area contributed by atoms with Crippen LogP contribution in [0, 0.1) is 0 Å². The fourth-order valence-corrected chi connectivity index (χ4v) is 4.42. The van der Waals surface area contributed by atoms with E-state index in [1.807, 2.05) is 42.7 Å². The summed E-state index contributed by atoms with van der Waals surface area (Å²) < 4.78 is 5.50. The highest BCUT2D eigenvalue weighted by molar-refractivity contribution is 7.98. The number of alkyl carbamates (subject to hydrolysis) is 1. The third kappa shape index (κ3) is 5.96. The van der Waals surface area contributed by atoms with Gasteiger partial charge in [0, 0.05) is 5.92 Å². The van der Waals surface area contributed by atoms with Crippen LogP contribution in [-0.4, -0.2) is 53.8 Å². The largest absolute Gasteiger partial charge is 0.480 e. The molecule has 2 atom stereocenters. The Balaban J connectivity index is 1.63. The lowest BCUT2D eigenvalue weighted by molar-refractivity contribution is -0.142. The SMILES string of the molecule is C=CCC(NC(=O)OCC1c2ccccc2-c2ccccc21)C(=O)N[C@H](CCSC)C(=O)O. The molecule has 0 fully saturated rings. The number of rotatable bonds is 11. The van der Waals surface area contributed by atoms with Gasteiger partial charge in [0.2, 0.25) is 5.91 Å². The lowest BCUT2D eigenvalue weighted by Gasteiger charge is -2.21. The van der Waals surface area contributed by atoms with E-state index >= 15 is 0 Å². The summed E-state index contributed by atoms with van der Waals surface area (Å²) in [7, 11) is 0. The van der Waals surface area contributed by atoms with E-state index in [4.69, 9.17) is 4.74 Å². The van der Waals surface area contributed by atoms with Crippen LogP contribution >= 0.6 is 11.8 Å². The zero-order valence-electron chi connectivity index (χ0n) is 18.5. The van der Waals surface area contributed by atoms with Crippen molar-refractivity contribution in [3.8, 4) is 11.1 Å². The van der Waals surface area contributed by atoms with E-state index in [2.05, 4.69) is 29.3 Å². The molecule has 1 unspecified atom stereocenters. The number of hydrogen-bond acceptors (Lipinski definition) is 5. The topological polar surface area (TPSA) is 105 Å². The van der Waals surface area contributed by atoms with Gasteiger partial charge in [-0.25, -0.2) is 9.59 Å². The predicted octanol–water partition coefficient (Wildman–Crippen LogP) is 3.79. The van der Waals surface area contributed by atoms with Gasteiger partial charge in [0.25, 0.3) is 0 Å². The second kappa shape index (κ2) is 11.6. The second-order valence-corrected chi connectivity index (χ2v) is 8.71. The van der Waals surface area contributed by atoms with Crippen molar-refractivity contribution in [2.45, 2.75) is 30.8 Å². The van der Waals surface area contributed by atoms with Crippen molar-refractivity contribution in [2.24, 2.45) is 0 Å². The zero-order valence-corrected chi connectivity index (χ0v) is 19.3. The quantitative estimate of drug-likeness (QED) is 0.434. The van der Waals surface area contributed by atoms with Crippen LogP contribution in [0.2, 0.25) is 0 Å². The fraction of sp³-hybridized carbons (Fsp3) is 0.320. The first kappa shape index (κ1) is 24.4. The molecule has 2 aromatic carbocycles. The van der Waals surface area contributed by atoms with E-state index in [9.17, 15) is 19.5 Å². The standard InChI is InChI=1S/C25H28N2O5S/c1-3-8-21(23(28)26-22(24(29)30)13-14-33-2)27-25(31)32-15-20-18-11-6-4-9-16(18)17-10-5-7-12-19(17)20/h3-7,9-12,20-22H,1,8,13-15H2,2H3,(H,26,28)(H,27,31)(H,29,30)/t21?,22-/m1/s1. The van der Waals surface area contributed by atoms with Gasteiger partial charge in [-0.15, -0.1) is 6.58 Å². The van der Waals surface area contributed by atoms with Crippen LogP contribution in [0.25, 0.3) is 11.1 Å². The maximum Gasteiger partial charge on any atom is 0.407 e. The lowest BCUT2D eigenvalue weighted by Crippen LogP contribution is -2.51. The smallest absolute Gasteiger partial charge is 0.407 e. The number of thioether (sulfide) groups is 1. The molecule has 174 valence electrons. The molecule has 0 aliphatic heterocycles. The second-order valence-electron chi connectivity index (χ2n) is 7.73. The molecule has 1 aliphatic rings. The molecule has 0 spiro atoms. The monoisotopic (exact) mass is 468 g/mol. The minimum absolute atomic E-state index is 0.0993. The maximum absolute atomic E-state index is 12.6. The van der Waals surface area contributed by atoms with Crippen molar-refractivity contribution in [1.29, 1.82) is 0 Å². The summed E-state index contributed by atoms with van der Waals surface area (Å²) in [5.74, 6) is -1.21. The predicted molar refractivity (Wildman–Crippen MR) is 129 cm³/mol. The number of ether oxygens (including phenoxy) is 1. The number of aliphatic carboxylic acids is 1. The third-order valence-electron chi connectivity index (χ3n) is 5.58. The Morgan fingerprint density at radius 2 is 1.67 bits per heavy atom. The third-order valence-corrected chi connectivity index (χ3v) is 6.22. The first-order valence-corrected chi connectivity index (χ1v) is 12.1. The summed E-state index contributed by atoms with van der Waals surface area (Å²) in [6.07, 6.45) is 3.04. The molecule has 0 bridgehead atoms. The Morgan fingerprint density at radius 3 is 2.21 bits per heavy atom. The van der Waals surface area contributed by atoms with E-state index < -0.39 is 30.1 Å². The van der Waals surface area contributed by atoms with Crippen LogP contribution in [-0.2, 0) is 14.3 Å². The first-order valence-electron chi connectivity index (χ1n) is 10.7. The van der Waals surface area contributed by atoms with Crippen LogP contribution in [0.1, 0.15) is 29.9 Å². The summed E-state index contributed by atoms with van der Waals surface area (Å²) in [4.78, 5) is 36.6. The van der Waals surface area contributed by atoms with E-state index in [1.165, 1.54) is 17.8 Å². The van der Waals surface area contributed by atoms with Gasteiger partial charge in [-0.3, -0.25) is 4.79 Å². The minimum atomic E-state index is -1.11. The van der Waals surface area contributed by atoms with Gasteiger partial charge in [-0.2, -0.15) is 11.8 Å². The molecule has 7 nitrogen and oxygen atoms in total. The number of amides is 2. The van der Waals surface area contributed by atoms with Crippen molar-refractivity contribution in [2.75, 3.05) is 18.6 Å². The highest BCUT2D eigenvalue weighted by atomic mass is 32.2. The molecule has 3 N–H and O–H groups in total. The summed E-state index contributed by atoms with van der Waals surface area (Å²) in [6.45, 7) is 3.74. The number of carboxylic acid groups (broad SMARTS) is 1. The van der Waals surface area contributed by atoms with Gasteiger partial charge in [0.15, 0.2) is 0 Å². The molecule has 2 aromatic rings. The van der Waals surface area contributed by atoms with Crippen LogP contribution < -0.4 is 10.6 Å². The van der Waals surface area contributed by atoms with Crippen molar-refractivity contribution in [3.63, 3.8) is 0 Å². The maximum atomic E-state index is 12.6. The molecule has 0 saturated carbocycles. The average molecular weight is 469 g/mol. The summed E-state index contributed by atoms with van der Waals surface area (Å²) in [6, 6.07) is 14.0. The summed E-state index contributed by atoms with van der Waals surface area (Å²) in [5, 5.41) is 14.4. The van der Waals surface area contributed by atoms with Crippen molar-refractivity contribution >= 4 is 29.7 Å². The molecule has 2 amide bonds. The molecule has 8 heteroatoms. The number of carbonyl (C=O) groups excluding carboxylic acids is 2. The molecule has 3 rings (SSSR count). The van der Waals surface area contributed by atoms with Gasteiger partial charge in [-0.05, 0) is 47.1 Å². The normalized spacial score (nSPS) is 13.8. The van der Waals surface area contributed by atoms with E-state index in [0.29, 0.717) is 5.75 Å². The van der Waals surface area contributed by atoms with Crippen LogP contribution in [0.4, 0.5) is 4.79 Å².